The van der Waals surface area contributed by atoms with Crippen molar-refractivity contribution in [1.82, 2.24) is 4.90 Å². The molecular formula is C15H22N2. The summed E-state index contributed by atoms with van der Waals surface area (Å²) >= 11 is 0. The van der Waals surface area contributed by atoms with Crippen LogP contribution < -0.4 is 5.73 Å². The van der Waals surface area contributed by atoms with Crippen molar-refractivity contribution in [1.29, 1.82) is 0 Å². The molecule has 1 saturated carbocycles. The van der Waals surface area contributed by atoms with Gasteiger partial charge in [-0.05, 0) is 48.8 Å². The molecule has 3 rings (SSSR count). The molecule has 0 spiro atoms. The Morgan fingerprint density at radius 2 is 2.24 bits per heavy atom. The first-order chi connectivity index (χ1) is 8.29. The van der Waals surface area contributed by atoms with Crippen LogP contribution in [-0.2, 0) is 13.0 Å². The lowest BCUT2D eigenvalue weighted by atomic mass is 9.95. The van der Waals surface area contributed by atoms with Gasteiger partial charge in [-0.25, -0.2) is 0 Å². The van der Waals surface area contributed by atoms with Crippen molar-refractivity contribution < 1.29 is 0 Å². The summed E-state index contributed by atoms with van der Waals surface area (Å²) in [6.45, 7) is 4.63. The quantitative estimate of drug-likeness (QED) is 0.809. The van der Waals surface area contributed by atoms with E-state index in [9.17, 15) is 0 Å². The second-order valence-electron chi connectivity index (χ2n) is 5.52. The van der Waals surface area contributed by atoms with Crippen LogP contribution in [0.3, 0.4) is 0 Å². The van der Waals surface area contributed by atoms with Crippen LogP contribution in [0.25, 0.3) is 0 Å². The van der Waals surface area contributed by atoms with Gasteiger partial charge in [0.15, 0.2) is 0 Å². The molecule has 2 N–H and O–H groups in total. The maximum atomic E-state index is 6.05. The minimum absolute atomic E-state index is 0.810. The number of nitrogens with two attached hydrogens (primary N) is 1. The maximum Gasteiger partial charge on any atom is 0.0350 e. The third-order valence-corrected chi connectivity index (χ3v) is 4.39. The third-order valence-electron chi connectivity index (χ3n) is 4.39. The molecule has 0 radical (unpaired) electrons. The van der Waals surface area contributed by atoms with Gasteiger partial charge in [0.05, 0.1) is 0 Å². The fourth-order valence-corrected chi connectivity index (χ4v) is 3.31. The number of anilines is 1. The van der Waals surface area contributed by atoms with Crippen LogP contribution in [0.4, 0.5) is 5.69 Å². The van der Waals surface area contributed by atoms with E-state index < -0.39 is 0 Å². The zero-order chi connectivity index (χ0) is 11.8. The summed E-state index contributed by atoms with van der Waals surface area (Å²) in [6, 6.07) is 7.18. The van der Waals surface area contributed by atoms with Crippen LogP contribution >= 0.6 is 0 Å². The predicted octanol–water partition coefficient (Wildman–Crippen LogP) is 2.82. The van der Waals surface area contributed by atoms with E-state index in [0.29, 0.717) is 0 Å². The Labute approximate surface area is 104 Å². The highest BCUT2D eigenvalue weighted by molar-refractivity contribution is 5.51. The van der Waals surface area contributed by atoms with Gasteiger partial charge in [-0.1, -0.05) is 19.1 Å². The minimum atomic E-state index is 0.810. The zero-order valence-corrected chi connectivity index (χ0v) is 10.7. The molecule has 0 bridgehead atoms. The lowest BCUT2D eigenvalue weighted by molar-refractivity contribution is 0.155. The highest BCUT2D eigenvalue weighted by Gasteiger charge is 2.35. The topological polar surface area (TPSA) is 29.3 Å². The Bertz CT molecular complexity index is 409. The van der Waals surface area contributed by atoms with Crippen molar-refractivity contribution in [3.63, 3.8) is 0 Å². The molecule has 0 amide bonds. The van der Waals surface area contributed by atoms with Gasteiger partial charge in [0.25, 0.3) is 0 Å². The van der Waals surface area contributed by atoms with Gasteiger partial charge in [0.2, 0.25) is 0 Å². The Kier molecular flexibility index (Phi) is 2.83. The molecule has 1 fully saturated rings. The summed E-state index contributed by atoms with van der Waals surface area (Å²) in [7, 11) is 0. The highest BCUT2D eigenvalue weighted by atomic mass is 15.2. The summed E-state index contributed by atoms with van der Waals surface area (Å²) in [5.41, 5.74) is 9.89. The Balaban J connectivity index is 1.80. The van der Waals surface area contributed by atoms with E-state index in [4.69, 9.17) is 5.73 Å². The number of fused-ring (bicyclic) bond motifs is 1. The molecule has 92 valence electrons. The van der Waals surface area contributed by atoms with Gasteiger partial charge in [0.1, 0.15) is 0 Å². The van der Waals surface area contributed by atoms with Crippen molar-refractivity contribution in [2.24, 2.45) is 5.92 Å². The van der Waals surface area contributed by atoms with E-state index in [-0.39, 0.29) is 0 Å². The summed E-state index contributed by atoms with van der Waals surface area (Å²) in [4.78, 5) is 2.68. The molecule has 1 aliphatic heterocycles. The fraction of sp³-hybridized carbons (Fsp3) is 0.600. The molecule has 2 heteroatoms. The van der Waals surface area contributed by atoms with E-state index in [0.717, 1.165) is 30.6 Å². The fourth-order valence-electron chi connectivity index (χ4n) is 3.31. The Morgan fingerprint density at radius 3 is 2.94 bits per heavy atom. The molecule has 1 aromatic carbocycles. The summed E-state index contributed by atoms with van der Waals surface area (Å²) < 4.78 is 0. The smallest absolute Gasteiger partial charge is 0.0350 e. The normalized spacial score (nSPS) is 22.2. The van der Waals surface area contributed by atoms with Crippen molar-refractivity contribution >= 4 is 5.69 Å². The van der Waals surface area contributed by atoms with Crippen molar-refractivity contribution in [2.45, 2.75) is 45.2 Å². The van der Waals surface area contributed by atoms with Crippen LogP contribution in [0.1, 0.15) is 37.3 Å². The van der Waals surface area contributed by atoms with Gasteiger partial charge in [-0.3, -0.25) is 4.90 Å². The van der Waals surface area contributed by atoms with E-state index in [1.807, 2.05) is 6.07 Å². The first-order valence-electron chi connectivity index (χ1n) is 6.90. The van der Waals surface area contributed by atoms with E-state index in [2.05, 4.69) is 24.0 Å². The lowest BCUT2D eigenvalue weighted by Crippen LogP contribution is -2.40. The first kappa shape index (κ1) is 11.1. The van der Waals surface area contributed by atoms with Crippen LogP contribution in [0, 0.1) is 5.92 Å². The van der Waals surface area contributed by atoms with E-state index in [1.54, 1.807) is 0 Å². The molecule has 1 unspecified atom stereocenters. The van der Waals surface area contributed by atoms with Gasteiger partial charge >= 0.3 is 0 Å². The van der Waals surface area contributed by atoms with E-state index >= 15 is 0 Å². The van der Waals surface area contributed by atoms with E-state index in [1.165, 1.54) is 36.9 Å². The molecular weight excluding hydrogens is 208 g/mol. The monoisotopic (exact) mass is 230 g/mol. The average Bonchev–Trinajstić information content (AvgIpc) is 3.15. The highest BCUT2D eigenvalue weighted by Crippen LogP contribution is 2.38. The summed E-state index contributed by atoms with van der Waals surface area (Å²) in [5, 5.41) is 0. The molecule has 17 heavy (non-hydrogen) atoms. The standard InChI is InChI=1S/C15H22N2/c1-2-15(11-6-7-11)17-9-8-13-12(10-17)4-3-5-14(13)16/h3-5,11,15H,2,6-10,16H2,1H3. The molecule has 0 aromatic heterocycles. The van der Waals surface area contributed by atoms with Crippen LogP contribution in [0.15, 0.2) is 18.2 Å². The lowest BCUT2D eigenvalue weighted by Gasteiger charge is -2.35. The molecule has 2 nitrogen and oxygen atoms in total. The van der Waals surface area contributed by atoms with Crippen molar-refractivity contribution in [3.8, 4) is 0 Å². The van der Waals surface area contributed by atoms with Gasteiger partial charge in [0, 0.05) is 24.8 Å². The molecule has 0 saturated heterocycles. The van der Waals surface area contributed by atoms with Gasteiger partial charge in [-0.2, -0.15) is 0 Å². The van der Waals surface area contributed by atoms with Crippen molar-refractivity contribution in [2.75, 3.05) is 12.3 Å². The number of nitrogens with zero attached hydrogens (tertiary/aromatic N) is 1. The molecule has 1 heterocycles. The second kappa shape index (κ2) is 4.34. The zero-order valence-electron chi connectivity index (χ0n) is 10.7. The number of hydrogen-bond acceptors (Lipinski definition) is 2. The van der Waals surface area contributed by atoms with Gasteiger partial charge in [-0.15, -0.1) is 0 Å². The third kappa shape index (κ3) is 2.06. The van der Waals surface area contributed by atoms with Crippen LogP contribution in [0.2, 0.25) is 0 Å². The molecule has 2 aliphatic rings. The number of hydrogen-bond donors (Lipinski definition) is 1. The van der Waals surface area contributed by atoms with Crippen LogP contribution in [-0.4, -0.2) is 17.5 Å². The molecule has 1 atom stereocenters. The average molecular weight is 230 g/mol. The number of rotatable bonds is 3. The predicted molar refractivity (Wildman–Crippen MR) is 71.8 cm³/mol. The molecule has 1 aliphatic carbocycles. The number of benzene rings is 1. The summed E-state index contributed by atoms with van der Waals surface area (Å²) in [5.74, 6) is 0.975. The van der Waals surface area contributed by atoms with Gasteiger partial charge < -0.3 is 5.73 Å². The SMILES string of the molecule is CCC(C1CC1)N1CCc2c(N)cccc2C1. The van der Waals surface area contributed by atoms with Crippen LogP contribution in [0.5, 0.6) is 0 Å². The minimum Gasteiger partial charge on any atom is -0.398 e. The molecule has 1 aromatic rings. The van der Waals surface area contributed by atoms with Crippen molar-refractivity contribution in [3.05, 3.63) is 29.3 Å². The largest absolute Gasteiger partial charge is 0.398 e. The summed E-state index contributed by atoms with van der Waals surface area (Å²) in [6.07, 6.45) is 5.31. The Hall–Kier alpha value is -1.02. The number of nitrogen functional groups attached to an aromatic ring is 1. The first-order valence-corrected chi connectivity index (χ1v) is 6.90. The Morgan fingerprint density at radius 1 is 1.41 bits per heavy atom. The second-order valence-corrected chi connectivity index (χ2v) is 5.52. The maximum absolute atomic E-state index is 6.05.